The smallest absolute Gasteiger partial charge is 0.160 e. The Balaban J connectivity index is 3.07. The van der Waals surface area contributed by atoms with Gasteiger partial charge >= 0.3 is 0 Å². The first kappa shape index (κ1) is 7.28. The van der Waals surface area contributed by atoms with Crippen LogP contribution in [0.5, 0.6) is 11.5 Å². The number of rotatable bonds is 1. The third kappa shape index (κ3) is 1.36. The van der Waals surface area contributed by atoms with Crippen LogP contribution in [0.15, 0.2) is 23.1 Å². The average molecular weight is 156 g/mol. The summed E-state index contributed by atoms with van der Waals surface area (Å²) in [4.78, 5) is 0.721. The number of ether oxygens (including phenoxy) is 1. The molecule has 0 spiro atoms. The minimum atomic E-state index is 0.120. The fraction of sp³-hybridized carbons (Fsp3) is 0.143. The molecule has 1 rings (SSSR count). The first-order valence-electron chi connectivity index (χ1n) is 2.80. The van der Waals surface area contributed by atoms with Gasteiger partial charge in [-0.05, 0) is 18.2 Å². The number of methoxy groups -OCH3 is 1. The van der Waals surface area contributed by atoms with Gasteiger partial charge in [0.2, 0.25) is 0 Å². The van der Waals surface area contributed by atoms with Crippen molar-refractivity contribution in [2.75, 3.05) is 7.11 Å². The Bertz CT molecular complexity index is 235. The Morgan fingerprint density at radius 2 is 2.20 bits per heavy atom. The van der Waals surface area contributed by atoms with E-state index < -0.39 is 0 Å². The van der Waals surface area contributed by atoms with Gasteiger partial charge in [-0.1, -0.05) is 0 Å². The maximum absolute atomic E-state index is 9.12. The second-order valence-corrected chi connectivity index (χ2v) is 2.37. The lowest BCUT2D eigenvalue weighted by Gasteiger charge is -2.01. The Labute approximate surface area is 64.9 Å². The number of benzene rings is 1. The molecule has 0 aliphatic rings. The molecule has 0 bridgehead atoms. The van der Waals surface area contributed by atoms with Gasteiger partial charge in [0.25, 0.3) is 0 Å². The van der Waals surface area contributed by atoms with E-state index in [9.17, 15) is 0 Å². The summed E-state index contributed by atoms with van der Waals surface area (Å²) in [6, 6.07) is 4.95. The topological polar surface area (TPSA) is 29.5 Å². The lowest BCUT2D eigenvalue weighted by Crippen LogP contribution is -1.82. The molecule has 1 aromatic carbocycles. The molecule has 0 radical (unpaired) electrons. The minimum Gasteiger partial charge on any atom is -0.504 e. The van der Waals surface area contributed by atoms with Crippen LogP contribution in [0.4, 0.5) is 0 Å². The van der Waals surface area contributed by atoms with E-state index >= 15 is 0 Å². The van der Waals surface area contributed by atoms with Gasteiger partial charge in [0, 0.05) is 4.90 Å². The number of phenols is 1. The molecule has 3 heteroatoms. The molecule has 0 aliphatic heterocycles. The van der Waals surface area contributed by atoms with Gasteiger partial charge in [-0.15, -0.1) is 12.6 Å². The monoisotopic (exact) mass is 156 g/mol. The Morgan fingerprint density at radius 3 is 2.70 bits per heavy atom. The summed E-state index contributed by atoms with van der Waals surface area (Å²) >= 11 is 4.02. The van der Waals surface area contributed by atoms with Crippen LogP contribution in [0.2, 0.25) is 0 Å². The van der Waals surface area contributed by atoms with Crippen LogP contribution in [0.3, 0.4) is 0 Å². The quantitative estimate of drug-likeness (QED) is 0.606. The van der Waals surface area contributed by atoms with Crippen molar-refractivity contribution in [1.29, 1.82) is 0 Å². The van der Waals surface area contributed by atoms with E-state index in [-0.39, 0.29) is 5.75 Å². The number of phenolic OH excluding ortho intramolecular Hbond substituents is 1. The fourth-order valence-electron chi connectivity index (χ4n) is 0.678. The Kier molecular flexibility index (Phi) is 2.06. The van der Waals surface area contributed by atoms with Crippen LogP contribution in [0, 0.1) is 0 Å². The van der Waals surface area contributed by atoms with Crippen molar-refractivity contribution >= 4 is 12.6 Å². The molecule has 0 unspecified atom stereocenters. The van der Waals surface area contributed by atoms with E-state index in [2.05, 4.69) is 12.6 Å². The highest BCUT2D eigenvalue weighted by Gasteiger charge is 1.98. The summed E-state index contributed by atoms with van der Waals surface area (Å²) in [7, 11) is 1.51. The molecule has 1 aromatic rings. The van der Waals surface area contributed by atoms with Crippen LogP contribution in [0.1, 0.15) is 0 Å². The molecule has 0 aromatic heterocycles. The molecule has 0 fully saturated rings. The molecule has 0 heterocycles. The van der Waals surface area contributed by atoms with Crippen molar-refractivity contribution in [3.05, 3.63) is 18.2 Å². The molecule has 2 nitrogen and oxygen atoms in total. The third-order valence-electron chi connectivity index (χ3n) is 1.16. The number of aromatic hydroxyl groups is 1. The molecule has 0 aliphatic carbocycles. The molecule has 0 atom stereocenters. The summed E-state index contributed by atoms with van der Waals surface area (Å²) in [5.74, 6) is 0.591. The van der Waals surface area contributed by atoms with Gasteiger partial charge in [-0.3, -0.25) is 0 Å². The number of hydrogen-bond donors (Lipinski definition) is 2. The molecule has 0 saturated heterocycles. The van der Waals surface area contributed by atoms with Crippen molar-refractivity contribution in [3.63, 3.8) is 0 Å². The zero-order valence-corrected chi connectivity index (χ0v) is 6.43. The van der Waals surface area contributed by atoms with Crippen LogP contribution in [-0.4, -0.2) is 12.2 Å². The summed E-state index contributed by atoms with van der Waals surface area (Å²) in [5.41, 5.74) is 0. The van der Waals surface area contributed by atoms with Gasteiger partial charge in [-0.25, -0.2) is 0 Å². The molecule has 54 valence electrons. The van der Waals surface area contributed by atoms with Crippen LogP contribution in [0.25, 0.3) is 0 Å². The van der Waals surface area contributed by atoms with Gasteiger partial charge in [0.1, 0.15) is 0 Å². The number of hydrogen-bond acceptors (Lipinski definition) is 3. The predicted octanol–water partition coefficient (Wildman–Crippen LogP) is 1.69. The molecular formula is C7H8O2S. The Morgan fingerprint density at radius 1 is 1.50 bits per heavy atom. The van der Waals surface area contributed by atoms with Crippen molar-refractivity contribution in [2.24, 2.45) is 0 Å². The van der Waals surface area contributed by atoms with E-state index in [1.54, 1.807) is 12.1 Å². The summed E-state index contributed by atoms with van der Waals surface area (Å²) in [6.45, 7) is 0. The molecular weight excluding hydrogens is 148 g/mol. The van der Waals surface area contributed by atoms with Gasteiger partial charge in [-0.2, -0.15) is 0 Å². The highest BCUT2D eigenvalue weighted by molar-refractivity contribution is 7.80. The highest BCUT2D eigenvalue weighted by atomic mass is 32.1. The second kappa shape index (κ2) is 2.84. The minimum absolute atomic E-state index is 0.120. The van der Waals surface area contributed by atoms with E-state index in [1.807, 2.05) is 0 Å². The van der Waals surface area contributed by atoms with E-state index in [4.69, 9.17) is 9.84 Å². The van der Waals surface area contributed by atoms with E-state index in [1.165, 1.54) is 13.2 Å². The normalized spacial score (nSPS) is 9.40. The average Bonchev–Trinajstić information content (AvgIpc) is 1.88. The van der Waals surface area contributed by atoms with Crippen LogP contribution in [-0.2, 0) is 0 Å². The Hall–Kier alpha value is -0.830. The SMILES string of the molecule is COc1ccc(S)cc1O. The maximum atomic E-state index is 9.12. The van der Waals surface area contributed by atoms with Crippen LogP contribution < -0.4 is 4.74 Å². The second-order valence-electron chi connectivity index (χ2n) is 1.86. The lowest BCUT2D eigenvalue weighted by atomic mass is 10.3. The largest absolute Gasteiger partial charge is 0.504 e. The maximum Gasteiger partial charge on any atom is 0.160 e. The van der Waals surface area contributed by atoms with Crippen molar-refractivity contribution < 1.29 is 9.84 Å². The molecule has 0 amide bonds. The number of thiol groups is 1. The van der Waals surface area contributed by atoms with Gasteiger partial charge < -0.3 is 9.84 Å². The first-order valence-corrected chi connectivity index (χ1v) is 3.24. The summed E-state index contributed by atoms with van der Waals surface area (Å²) in [5, 5.41) is 9.12. The van der Waals surface area contributed by atoms with E-state index in [0.29, 0.717) is 5.75 Å². The van der Waals surface area contributed by atoms with Gasteiger partial charge in [0.05, 0.1) is 7.11 Å². The summed E-state index contributed by atoms with van der Waals surface area (Å²) in [6.07, 6.45) is 0. The standard InChI is InChI=1S/C7H8O2S/c1-9-7-3-2-5(10)4-6(7)8/h2-4,8,10H,1H3. The predicted molar refractivity (Wildman–Crippen MR) is 41.9 cm³/mol. The molecule has 10 heavy (non-hydrogen) atoms. The zero-order valence-electron chi connectivity index (χ0n) is 5.53. The highest BCUT2D eigenvalue weighted by Crippen LogP contribution is 2.27. The molecule has 1 N–H and O–H groups in total. The lowest BCUT2D eigenvalue weighted by molar-refractivity contribution is 0.372. The third-order valence-corrected chi connectivity index (χ3v) is 1.44. The first-order chi connectivity index (χ1) is 4.74. The van der Waals surface area contributed by atoms with Gasteiger partial charge in [0.15, 0.2) is 11.5 Å². The fourth-order valence-corrected chi connectivity index (χ4v) is 0.875. The van der Waals surface area contributed by atoms with Crippen molar-refractivity contribution in [1.82, 2.24) is 0 Å². The molecule has 0 saturated carbocycles. The summed E-state index contributed by atoms with van der Waals surface area (Å²) < 4.78 is 4.82. The zero-order chi connectivity index (χ0) is 7.56. The van der Waals surface area contributed by atoms with E-state index in [0.717, 1.165) is 4.90 Å². The van der Waals surface area contributed by atoms with Crippen molar-refractivity contribution in [3.8, 4) is 11.5 Å². The van der Waals surface area contributed by atoms with Crippen LogP contribution >= 0.6 is 12.6 Å². The van der Waals surface area contributed by atoms with Crippen molar-refractivity contribution in [2.45, 2.75) is 4.90 Å².